The lowest BCUT2D eigenvalue weighted by Crippen LogP contribution is -2.48. The van der Waals surface area contributed by atoms with E-state index in [0.29, 0.717) is 5.54 Å². The Morgan fingerprint density at radius 1 is 1.53 bits per heavy atom. The van der Waals surface area contributed by atoms with Crippen molar-refractivity contribution in [2.24, 2.45) is 0 Å². The molecule has 1 aliphatic rings. The third kappa shape index (κ3) is 3.80. The third-order valence-corrected chi connectivity index (χ3v) is 4.75. The minimum Gasteiger partial charge on any atom is -0.310 e. The van der Waals surface area contributed by atoms with Crippen LogP contribution in [-0.4, -0.2) is 36.6 Å². The van der Waals surface area contributed by atoms with Crippen LogP contribution < -0.4 is 5.32 Å². The van der Waals surface area contributed by atoms with Crippen LogP contribution >= 0.6 is 11.3 Å². The predicted molar refractivity (Wildman–Crippen MR) is 75.8 cm³/mol. The summed E-state index contributed by atoms with van der Waals surface area (Å²) in [6.45, 7) is 9.45. The van der Waals surface area contributed by atoms with Crippen molar-refractivity contribution in [2.75, 3.05) is 26.2 Å². The van der Waals surface area contributed by atoms with Gasteiger partial charge in [0.25, 0.3) is 0 Å². The van der Waals surface area contributed by atoms with Gasteiger partial charge in [-0.05, 0) is 50.7 Å². The van der Waals surface area contributed by atoms with Gasteiger partial charge in [-0.25, -0.2) is 0 Å². The molecule has 2 heterocycles. The van der Waals surface area contributed by atoms with Crippen LogP contribution in [0.4, 0.5) is 0 Å². The molecular weight excluding hydrogens is 228 g/mol. The first-order valence-electron chi connectivity index (χ1n) is 6.72. The Labute approximate surface area is 109 Å². The SMILES string of the molecule is CCC1(C)CN(CCc2cccs2)CCCN1. The highest BCUT2D eigenvalue weighted by Crippen LogP contribution is 2.16. The van der Waals surface area contributed by atoms with Gasteiger partial charge in [0.2, 0.25) is 0 Å². The molecule has 1 atom stereocenters. The fourth-order valence-electron chi connectivity index (χ4n) is 2.47. The van der Waals surface area contributed by atoms with E-state index in [9.17, 15) is 0 Å². The van der Waals surface area contributed by atoms with Crippen LogP contribution in [0.25, 0.3) is 0 Å². The number of nitrogens with zero attached hydrogens (tertiary/aromatic N) is 1. The Kier molecular flexibility index (Phi) is 4.60. The molecule has 1 saturated heterocycles. The van der Waals surface area contributed by atoms with E-state index in [2.05, 4.69) is 41.6 Å². The maximum atomic E-state index is 3.69. The zero-order chi connectivity index (χ0) is 12.1. The molecule has 17 heavy (non-hydrogen) atoms. The highest BCUT2D eigenvalue weighted by Gasteiger charge is 2.26. The maximum Gasteiger partial charge on any atom is 0.0277 e. The molecule has 1 unspecified atom stereocenters. The maximum absolute atomic E-state index is 3.69. The summed E-state index contributed by atoms with van der Waals surface area (Å²) in [5, 5.41) is 5.87. The van der Waals surface area contributed by atoms with Crippen molar-refractivity contribution in [3.8, 4) is 0 Å². The van der Waals surface area contributed by atoms with Crippen molar-refractivity contribution in [3.05, 3.63) is 22.4 Å². The summed E-state index contributed by atoms with van der Waals surface area (Å²) in [6.07, 6.45) is 3.69. The molecule has 0 aromatic carbocycles. The van der Waals surface area contributed by atoms with E-state index in [0.717, 1.165) is 0 Å². The molecule has 0 amide bonds. The van der Waals surface area contributed by atoms with E-state index < -0.39 is 0 Å². The Morgan fingerprint density at radius 3 is 3.12 bits per heavy atom. The first kappa shape index (κ1) is 13.1. The molecule has 2 nitrogen and oxygen atoms in total. The topological polar surface area (TPSA) is 15.3 Å². The second-order valence-corrected chi connectivity index (χ2v) is 6.33. The van der Waals surface area contributed by atoms with Crippen LogP contribution in [0.1, 0.15) is 31.6 Å². The Bertz CT molecular complexity index is 323. The van der Waals surface area contributed by atoms with Gasteiger partial charge in [-0.15, -0.1) is 11.3 Å². The largest absolute Gasteiger partial charge is 0.310 e. The van der Waals surface area contributed by atoms with Gasteiger partial charge in [-0.1, -0.05) is 13.0 Å². The lowest BCUT2D eigenvalue weighted by molar-refractivity contribution is 0.217. The molecule has 1 aromatic rings. The monoisotopic (exact) mass is 252 g/mol. The van der Waals surface area contributed by atoms with Gasteiger partial charge in [0, 0.05) is 23.5 Å². The van der Waals surface area contributed by atoms with Crippen LogP contribution in [0.3, 0.4) is 0 Å². The van der Waals surface area contributed by atoms with Crippen LogP contribution in [0.15, 0.2) is 17.5 Å². The smallest absolute Gasteiger partial charge is 0.0277 e. The second-order valence-electron chi connectivity index (χ2n) is 5.30. The lowest BCUT2D eigenvalue weighted by Gasteiger charge is -2.32. The standard InChI is InChI=1S/C14H24N2S/c1-3-14(2)12-16(9-5-8-15-14)10-7-13-6-4-11-17-13/h4,6,11,15H,3,5,7-10,12H2,1-2H3. The fraction of sp³-hybridized carbons (Fsp3) is 0.714. The normalized spacial score (nSPS) is 26.9. The molecule has 0 bridgehead atoms. The average molecular weight is 252 g/mol. The van der Waals surface area contributed by atoms with Crippen LogP contribution in [-0.2, 0) is 6.42 Å². The number of nitrogens with one attached hydrogen (secondary N) is 1. The van der Waals surface area contributed by atoms with Gasteiger partial charge in [0.1, 0.15) is 0 Å². The molecule has 1 aromatic heterocycles. The third-order valence-electron chi connectivity index (χ3n) is 3.81. The molecule has 0 saturated carbocycles. The van der Waals surface area contributed by atoms with Crippen molar-refractivity contribution < 1.29 is 0 Å². The summed E-state index contributed by atoms with van der Waals surface area (Å²) >= 11 is 1.88. The number of rotatable bonds is 4. The van der Waals surface area contributed by atoms with Gasteiger partial charge in [-0.3, -0.25) is 0 Å². The Hall–Kier alpha value is -0.380. The molecule has 0 radical (unpaired) electrons. The summed E-state index contributed by atoms with van der Waals surface area (Å²) in [5.41, 5.74) is 0.311. The first-order valence-corrected chi connectivity index (χ1v) is 7.59. The highest BCUT2D eigenvalue weighted by atomic mass is 32.1. The van der Waals surface area contributed by atoms with Crippen LogP contribution in [0, 0.1) is 0 Å². The summed E-state index contributed by atoms with van der Waals surface area (Å²) < 4.78 is 0. The van der Waals surface area contributed by atoms with Crippen LogP contribution in [0.2, 0.25) is 0 Å². The van der Waals surface area contributed by atoms with E-state index in [-0.39, 0.29) is 0 Å². The minimum atomic E-state index is 0.311. The highest BCUT2D eigenvalue weighted by molar-refractivity contribution is 7.09. The van der Waals surface area contributed by atoms with E-state index in [1.54, 1.807) is 0 Å². The van der Waals surface area contributed by atoms with Crippen molar-refractivity contribution in [2.45, 2.75) is 38.6 Å². The molecule has 2 rings (SSSR count). The summed E-state index contributed by atoms with van der Waals surface area (Å²) in [4.78, 5) is 4.14. The van der Waals surface area contributed by atoms with Gasteiger partial charge in [0.15, 0.2) is 0 Å². The molecule has 1 N–H and O–H groups in total. The van der Waals surface area contributed by atoms with E-state index >= 15 is 0 Å². The molecule has 1 fully saturated rings. The lowest BCUT2D eigenvalue weighted by atomic mass is 9.98. The molecule has 3 heteroatoms. The van der Waals surface area contributed by atoms with E-state index in [1.165, 1.54) is 50.3 Å². The average Bonchev–Trinajstić information content (AvgIpc) is 2.77. The zero-order valence-corrected chi connectivity index (χ0v) is 11.9. The summed E-state index contributed by atoms with van der Waals surface area (Å²) in [5.74, 6) is 0. The van der Waals surface area contributed by atoms with Gasteiger partial charge >= 0.3 is 0 Å². The molecule has 0 spiro atoms. The quantitative estimate of drug-likeness (QED) is 0.886. The molecule has 96 valence electrons. The number of hydrogen-bond acceptors (Lipinski definition) is 3. The summed E-state index contributed by atoms with van der Waals surface area (Å²) in [7, 11) is 0. The van der Waals surface area contributed by atoms with Crippen molar-refractivity contribution in [3.63, 3.8) is 0 Å². The van der Waals surface area contributed by atoms with Gasteiger partial charge in [-0.2, -0.15) is 0 Å². The van der Waals surface area contributed by atoms with Gasteiger partial charge < -0.3 is 10.2 Å². The summed E-state index contributed by atoms with van der Waals surface area (Å²) in [6, 6.07) is 4.40. The van der Waals surface area contributed by atoms with E-state index in [1.807, 2.05) is 11.3 Å². The number of hydrogen-bond donors (Lipinski definition) is 1. The molecule has 1 aliphatic heterocycles. The zero-order valence-electron chi connectivity index (χ0n) is 11.0. The van der Waals surface area contributed by atoms with Crippen molar-refractivity contribution >= 4 is 11.3 Å². The minimum absolute atomic E-state index is 0.311. The van der Waals surface area contributed by atoms with Gasteiger partial charge in [0.05, 0.1) is 0 Å². The van der Waals surface area contributed by atoms with Crippen LogP contribution in [0.5, 0.6) is 0 Å². The predicted octanol–water partition coefficient (Wildman–Crippen LogP) is 2.75. The second kappa shape index (κ2) is 5.98. The molecule has 0 aliphatic carbocycles. The first-order chi connectivity index (χ1) is 8.22. The Morgan fingerprint density at radius 2 is 2.41 bits per heavy atom. The fourth-order valence-corrected chi connectivity index (χ4v) is 3.17. The van der Waals surface area contributed by atoms with E-state index in [4.69, 9.17) is 0 Å². The Balaban J connectivity index is 1.86. The number of thiophene rings is 1. The van der Waals surface area contributed by atoms with Crippen molar-refractivity contribution in [1.29, 1.82) is 0 Å². The molecular formula is C14H24N2S. The van der Waals surface area contributed by atoms with Crippen molar-refractivity contribution in [1.82, 2.24) is 10.2 Å².